The molecule has 168 valence electrons. The first-order valence-corrected chi connectivity index (χ1v) is 11.6. The Balaban J connectivity index is 3.82. The van der Waals surface area contributed by atoms with Crippen molar-refractivity contribution in [1.82, 2.24) is 10.6 Å². The Hall–Kier alpha value is -0.690. The van der Waals surface area contributed by atoms with E-state index in [0.717, 1.165) is 51.4 Å². The maximum atomic E-state index is 11.4. The van der Waals surface area contributed by atoms with Gasteiger partial charge in [-0.05, 0) is 19.3 Å². The fraction of sp³-hybridized carbons (Fsp3) is 0.955. The molecule has 0 aliphatic carbocycles. The van der Waals surface area contributed by atoms with Crippen LogP contribution >= 0.6 is 0 Å². The summed E-state index contributed by atoms with van der Waals surface area (Å²) in [7, 11) is 0. The summed E-state index contributed by atoms with van der Waals surface area (Å²) < 4.78 is 0. The fourth-order valence-electron chi connectivity index (χ4n) is 3.48. The Bertz CT molecular complexity index is 342. The second-order valence-corrected chi connectivity index (χ2v) is 7.79. The molecule has 0 aromatic heterocycles. The van der Waals surface area contributed by atoms with Crippen LogP contribution < -0.4 is 10.6 Å². The summed E-state index contributed by atoms with van der Waals surface area (Å²) in [6.07, 6.45) is 14.5. The normalized spacial score (nSPS) is 13.4. The molecule has 28 heavy (non-hydrogen) atoms. The second kappa shape index (κ2) is 21.0. The minimum absolute atomic E-state index is 0.0120. The molecule has 1 amide bonds. The molecule has 5 N–H and O–H groups in total. The molecule has 0 spiro atoms. The van der Waals surface area contributed by atoms with E-state index < -0.39 is 0 Å². The first-order chi connectivity index (χ1) is 13.7. The van der Waals surface area contributed by atoms with Gasteiger partial charge in [0.15, 0.2) is 0 Å². The van der Waals surface area contributed by atoms with Crippen molar-refractivity contribution in [3.8, 4) is 0 Å². The SMILES string of the molecule is CCCCCCCCC(O)C(CCCCCCCC(=O)NCCO)NCCO. The molecule has 2 atom stereocenters. The van der Waals surface area contributed by atoms with Gasteiger partial charge in [-0.3, -0.25) is 4.79 Å². The van der Waals surface area contributed by atoms with E-state index in [9.17, 15) is 9.90 Å². The van der Waals surface area contributed by atoms with Crippen LogP contribution in [-0.2, 0) is 4.79 Å². The zero-order valence-corrected chi connectivity index (χ0v) is 18.1. The van der Waals surface area contributed by atoms with E-state index in [2.05, 4.69) is 17.6 Å². The van der Waals surface area contributed by atoms with Crippen LogP contribution in [0.2, 0.25) is 0 Å². The van der Waals surface area contributed by atoms with E-state index in [-0.39, 0.29) is 31.3 Å². The van der Waals surface area contributed by atoms with Crippen molar-refractivity contribution in [2.24, 2.45) is 0 Å². The topological polar surface area (TPSA) is 102 Å². The lowest BCUT2D eigenvalue weighted by atomic mass is 9.97. The minimum Gasteiger partial charge on any atom is -0.395 e. The number of carbonyl (C=O) groups excluding carboxylic acids is 1. The molecule has 0 fully saturated rings. The smallest absolute Gasteiger partial charge is 0.220 e. The molecule has 0 saturated heterocycles. The number of carbonyl (C=O) groups is 1. The number of unbranched alkanes of at least 4 members (excludes halogenated alkanes) is 9. The van der Waals surface area contributed by atoms with E-state index in [4.69, 9.17) is 10.2 Å². The van der Waals surface area contributed by atoms with Crippen LogP contribution in [-0.4, -0.2) is 59.7 Å². The van der Waals surface area contributed by atoms with E-state index >= 15 is 0 Å². The molecule has 0 saturated carbocycles. The molecule has 6 heteroatoms. The van der Waals surface area contributed by atoms with E-state index in [0.29, 0.717) is 19.5 Å². The summed E-state index contributed by atoms with van der Waals surface area (Å²) in [5.41, 5.74) is 0. The zero-order valence-electron chi connectivity index (χ0n) is 18.1. The summed E-state index contributed by atoms with van der Waals surface area (Å²) in [6, 6.07) is 0.0621. The maximum Gasteiger partial charge on any atom is 0.220 e. The quantitative estimate of drug-likeness (QED) is 0.190. The highest BCUT2D eigenvalue weighted by atomic mass is 16.3. The predicted octanol–water partition coefficient (Wildman–Crippen LogP) is 2.89. The van der Waals surface area contributed by atoms with Gasteiger partial charge in [-0.25, -0.2) is 0 Å². The lowest BCUT2D eigenvalue weighted by molar-refractivity contribution is -0.121. The van der Waals surface area contributed by atoms with Crippen LogP contribution in [0, 0.1) is 0 Å². The van der Waals surface area contributed by atoms with Gasteiger partial charge in [0.05, 0.1) is 19.3 Å². The Morgan fingerprint density at radius 2 is 1.36 bits per heavy atom. The molecule has 0 bridgehead atoms. The monoisotopic (exact) mass is 402 g/mol. The molecule has 0 aliphatic heterocycles. The van der Waals surface area contributed by atoms with Gasteiger partial charge < -0.3 is 26.0 Å². The Morgan fingerprint density at radius 3 is 2.00 bits per heavy atom. The number of hydrogen-bond donors (Lipinski definition) is 5. The second-order valence-electron chi connectivity index (χ2n) is 7.79. The van der Waals surface area contributed by atoms with Crippen LogP contribution in [0.15, 0.2) is 0 Å². The summed E-state index contributed by atoms with van der Waals surface area (Å²) in [4.78, 5) is 11.4. The molecular weight excluding hydrogens is 356 g/mol. The van der Waals surface area contributed by atoms with Crippen molar-refractivity contribution in [2.75, 3.05) is 26.3 Å². The van der Waals surface area contributed by atoms with Crippen molar-refractivity contribution in [2.45, 2.75) is 109 Å². The largest absolute Gasteiger partial charge is 0.395 e. The van der Waals surface area contributed by atoms with Gasteiger partial charge >= 0.3 is 0 Å². The first-order valence-electron chi connectivity index (χ1n) is 11.6. The van der Waals surface area contributed by atoms with E-state index in [1.165, 1.54) is 32.1 Å². The summed E-state index contributed by atoms with van der Waals surface area (Å²) >= 11 is 0. The van der Waals surface area contributed by atoms with Crippen molar-refractivity contribution in [3.63, 3.8) is 0 Å². The Kier molecular flexibility index (Phi) is 20.5. The lowest BCUT2D eigenvalue weighted by Crippen LogP contribution is -2.41. The molecular formula is C22H46N2O4. The van der Waals surface area contributed by atoms with Crippen molar-refractivity contribution in [1.29, 1.82) is 0 Å². The third-order valence-electron chi connectivity index (χ3n) is 5.19. The minimum atomic E-state index is -0.340. The average Bonchev–Trinajstić information content (AvgIpc) is 2.70. The number of aliphatic hydroxyl groups is 3. The molecule has 0 aromatic carbocycles. The molecule has 0 rings (SSSR count). The zero-order chi connectivity index (χ0) is 20.9. The Labute approximate surface area is 172 Å². The van der Waals surface area contributed by atoms with Crippen LogP contribution in [0.5, 0.6) is 0 Å². The number of aliphatic hydroxyl groups excluding tert-OH is 3. The third-order valence-corrected chi connectivity index (χ3v) is 5.19. The van der Waals surface area contributed by atoms with Gasteiger partial charge in [-0.1, -0.05) is 71.1 Å². The summed E-state index contributed by atoms with van der Waals surface area (Å²) in [6.45, 7) is 3.17. The number of amides is 1. The first kappa shape index (κ1) is 27.3. The predicted molar refractivity (Wildman–Crippen MR) is 115 cm³/mol. The van der Waals surface area contributed by atoms with Crippen molar-refractivity contribution < 1.29 is 20.1 Å². The van der Waals surface area contributed by atoms with Gasteiger partial charge in [0.25, 0.3) is 0 Å². The highest BCUT2D eigenvalue weighted by molar-refractivity contribution is 5.75. The van der Waals surface area contributed by atoms with Crippen molar-refractivity contribution >= 4 is 5.91 Å². The van der Waals surface area contributed by atoms with Gasteiger partial charge in [0, 0.05) is 25.6 Å². The lowest BCUT2D eigenvalue weighted by Gasteiger charge is -2.24. The van der Waals surface area contributed by atoms with Gasteiger partial charge in [0.1, 0.15) is 0 Å². The highest BCUT2D eigenvalue weighted by Crippen LogP contribution is 2.15. The van der Waals surface area contributed by atoms with Crippen LogP contribution in [0.3, 0.4) is 0 Å². The van der Waals surface area contributed by atoms with E-state index in [1.54, 1.807) is 0 Å². The molecule has 2 unspecified atom stereocenters. The van der Waals surface area contributed by atoms with Crippen LogP contribution in [0.1, 0.15) is 96.8 Å². The van der Waals surface area contributed by atoms with E-state index in [1.807, 2.05) is 0 Å². The number of nitrogens with one attached hydrogen (secondary N) is 2. The summed E-state index contributed by atoms with van der Waals surface area (Å²) in [5, 5.41) is 34.2. The summed E-state index contributed by atoms with van der Waals surface area (Å²) in [5.74, 6) is 0.0140. The standard InChI is InChI=1S/C22H46N2O4/c1-2-3-4-5-8-11-14-21(27)20(23-16-18-25)13-10-7-6-9-12-15-22(28)24-17-19-26/h20-21,23,25-27H,2-19H2,1H3,(H,24,28). The van der Waals surface area contributed by atoms with Gasteiger partial charge in [0.2, 0.25) is 5.91 Å². The molecule has 0 aromatic rings. The molecule has 0 aliphatic rings. The van der Waals surface area contributed by atoms with Crippen LogP contribution in [0.4, 0.5) is 0 Å². The number of hydrogen-bond acceptors (Lipinski definition) is 5. The van der Waals surface area contributed by atoms with Crippen molar-refractivity contribution in [3.05, 3.63) is 0 Å². The average molecular weight is 403 g/mol. The maximum absolute atomic E-state index is 11.4. The highest BCUT2D eigenvalue weighted by Gasteiger charge is 2.17. The molecule has 0 radical (unpaired) electrons. The molecule has 0 heterocycles. The van der Waals surface area contributed by atoms with Crippen LogP contribution in [0.25, 0.3) is 0 Å². The third kappa shape index (κ3) is 17.4. The molecule has 6 nitrogen and oxygen atoms in total. The Morgan fingerprint density at radius 1 is 0.786 bits per heavy atom. The van der Waals surface area contributed by atoms with Gasteiger partial charge in [-0.15, -0.1) is 0 Å². The fourth-order valence-corrected chi connectivity index (χ4v) is 3.48. The number of rotatable bonds is 21. The van der Waals surface area contributed by atoms with Gasteiger partial charge in [-0.2, -0.15) is 0 Å².